The first kappa shape index (κ1) is 9.47. The Morgan fingerprint density at radius 1 is 1.36 bits per heavy atom. The molecule has 0 aromatic heterocycles. The molecule has 1 fully saturated rings. The fourth-order valence-electron chi connectivity index (χ4n) is 2.09. The Balaban J connectivity index is 2.13. The molecule has 1 heteroatoms. The summed E-state index contributed by atoms with van der Waals surface area (Å²) in [5, 5.41) is 9.52. The highest BCUT2D eigenvalue weighted by Gasteiger charge is 2.32. The van der Waals surface area contributed by atoms with Crippen molar-refractivity contribution in [1.82, 2.24) is 0 Å². The molecule has 0 unspecified atom stereocenters. The van der Waals surface area contributed by atoms with Gasteiger partial charge < -0.3 is 5.11 Å². The Hall–Kier alpha value is -1.08. The molecular weight excluding hydrogens is 172 g/mol. The largest absolute Gasteiger partial charge is 0.392 e. The van der Waals surface area contributed by atoms with E-state index in [2.05, 4.69) is 25.1 Å². The minimum Gasteiger partial charge on any atom is -0.392 e. The van der Waals surface area contributed by atoms with Crippen molar-refractivity contribution < 1.29 is 5.11 Å². The van der Waals surface area contributed by atoms with Gasteiger partial charge >= 0.3 is 0 Å². The highest BCUT2D eigenvalue weighted by atomic mass is 16.3. The number of aliphatic hydroxyl groups is 1. The topological polar surface area (TPSA) is 20.2 Å². The van der Waals surface area contributed by atoms with E-state index in [1.807, 2.05) is 18.2 Å². The highest BCUT2D eigenvalue weighted by molar-refractivity contribution is 5.55. The van der Waals surface area contributed by atoms with Gasteiger partial charge in [0.15, 0.2) is 0 Å². The third-order valence-electron chi connectivity index (χ3n) is 2.98. The number of hydrogen-bond acceptors (Lipinski definition) is 1. The SMILES string of the molecule is CC[C@H]1/C(=C/c2ccccc2)C[C@@H]1O. The first-order chi connectivity index (χ1) is 6.81. The summed E-state index contributed by atoms with van der Waals surface area (Å²) in [6.07, 6.45) is 4.00. The van der Waals surface area contributed by atoms with E-state index in [0.717, 1.165) is 12.8 Å². The lowest BCUT2D eigenvalue weighted by molar-refractivity contribution is 0.0736. The maximum atomic E-state index is 9.52. The fraction of sp³-hybridized carbons (Fsp3) is 0.385. The molecule has 2 atom stereocenters. The Morgan fingerprint density at radius 2 is 2.07 bits per heavy atom. The molecule has 0 heterocycles. The zero-order valence-electron chi connectivity index (χ0n) is 8.48. The zero-order valence-corrected chi connectivity index (χ0v) is 8.48. The van der Waals surface area contributed by atoms with Gasteiger partial charge in [-0.25, -0.2) is 0 Å². The lowest BCUT2D eigenvalue weighted by atomic mass is 9.74. The molecule has 74 valence electrons. The third-order valence-corrected chi connectivity index (χ3v) is 2.98. The predicted octanol–water partition coefficient (Wildman–Crippen LogP) is 2.86. The summed E-state index contributed by atoms with van der Waals surface area (Å²) < 4.78 is 0. The molecule has 14 heavy (non-hydrogen) atoms. The lowest BCUT2D eigenvalue weighted by Crippen LogP contribution is -2.33. The van der Waals surface area contributed by atoms with Crippen molar-refractivity contribution in [2.24, 2.45) is 5.92 Å². The Kier molecular flexibility index (Phi) is 2.69. The summed E-state index contributed by atoms with van der Waals surface area (Å²) in [6, 6.07) is 10.3. The summed E-state index contributed by atoms with van der Waals surface area (Å²) in [4.78, 5) is 0. The van der Waals surface area contributed by atoms with Crippen LogP contribution in [0.25, 0.3) is 6.08 Å². The van der Waals surface area contributed by atoms with Crippen molar-refractivity contribution in [3.8, 4) is 0 Å². The van der Waals surface area contributed by atoms with Gasteiger partial charge in [0.1, 0.15) is 0 Å². The van der Waals surface area contributed by atoms with E-state index in [1.165, 1.54) is 11.1 Å². The van der Waals surface area contributed by atoms with Gasteiger partial charge in [0.2, 0.25) is 0 Å². The minimum absolute atomic E-state index is 0.102. The first-order valence-corrected chi connectivity index (χ1v) is 5.25. The second-order valence-electron chi connectivity index (χ2n) is 3.92. The molecule has 1 aromatic carbocycles. The molecule has 2 rings (SSSR count). The second-order valence-corrected chi connectivity index (χ2v) is 3.92. The molecule has 0 bridgehead atoms. The van der Waals surface area contributed by atoms with Gasteiger partial charge in [-0.15, -0.1) is 0 Å². The van der Waals surface area contributed by atoms with Crippen LogP contribution in [0.3, 0.4) is 0 Å². The fourth-order valence-corrected chi connectivity index (χ4v) is 2.09. The van der Waals surface area contributed by atoms with Crippen molar-refractivity contribution in [1.29, 1.82) is 0 Å². The van der Waals surface area contributed by atoms with E-state index in [1.54, 1.807) is 0 Å². The van der Waals surface area contributed by atoms with Crippen molar-refractivity contribution >= 4 is 6.08 Å². The average Bonchev–Trinajstić information content (AvgIpc) is 2.19. The van der Waals surface area contributed by atoms with Gasteiger partial charge in [0.05, 0.1) is 6.10 Å². The van der Waals surface area contributed by atoms with E-state index >= 15 is 0 Å². The summed E-state index contributed by atoms with van der Waals surface area (Å²) in [6.45, 7) is 2.13. The van der Waals surface area contributed by atoms with Crippen LogP contribution in [0.4, 0.5) is 0 Å². The van der Waals surface area contributed by atoms with Crippen LogP contribution in [0.2, 0.25) is 0 Å². The number of hydrogen-bond donors (Lipinski definition) is 1. The molecule has 1 aliphatic rings. The number of benzene rings is 1. The normalized spacial score (nSPS) is 28.9. The van der Waals surface area contributed by atoms with E-state index in [-0.39, 0.29) is 6.10 Å². The maximum absolute atomic E-state index is 9.52. The predicted molar refractivity (Wildman–Crippen MR) is 58.8 cm³/mol. The molecule has 0 amide bonds. The molecular formula is C13H16O. The molecule has 0 radical (unpaired) electrons. The van der Waals surface area contributed by atoms with Crippen LogP contribution in [-0.4, -0.2) is 11.2 Å². The van der Waals surface area contributed by atoms with E-state index < -0.39 is 0 Å². The molecule has 1 saturated carbocycles. The molecule has 1 aromatic rings. The van der Waals surface area contributed by atoms with E-state index in [0.29, 0.717) is 5.92 Å². The minimum atomic E-state index is -0.102. The summed E-state index contributed by atoms with van der Waals surface area (Å²) in [7, 11) is 0. The van der Waals surface area contributed by atoms with Crippen molar-refractivity contribution in [3.63, 3.8) is 0 Å². The third kappa shape index (κ3) is 1.73. The van der Waals surface area contributed by atoms with Crippen LogP contribution in [0, 0.1) is 5.92 Å². The number of rotatable bonds is 2. The van der Waals surface area contributed by atoms with Crippen molar-refractivity contribution in [2.75, 3.05) is 0 Å². The Morgan fingerprint density at radius 3 is 2.64 bits per heavy atom. The first-order valence-electron chi connectivity index (χ1n) is 5.25. The zero-order chi connectivity index (χ0) is 9.97. The van der Waals surface area contributed by atoms with Gasteiger partial charge in [-0.2, -0.15) is 0 Å². The van der Waals surface area contributed by atoms with Gasteiger partial charge in [-0.05, 0) is 18.4 Å². The Labute approximate surface area is 85.1 Å². The molecule has 1 N–H and O–H groups in total. The average molecular weight is 188 g/mol. The standard InChI is InChI=1S/C13H16O/c1-2-12-11(9-13(12)14)8-10-6-4-3-5-7-10/h3-8,12-14H,2,9H2,1H3/b11-8+/t12-,13-/m0/s1. The van der Waals surface area contributed by atoms with Crippen LogP contribution >= 0.6 is 0 Å². The second kappa shape index (κ2) is 3.97. The maximum Gasteiger partial charge on any atom is 0.0642 e. The number of aliphatic hydroxyl groups excluding tert-OH is 1. The van der Waals surface area contributed by atoms with Crippen LogP contribution in [0.15, 0.2) is 35.9 Å². The highest BCUT2D eigenvalue weighted by Crippen LogP contribution is 2.37. The van der Waals surface area contributed by atoms with E-state index in [9.17, 15) is 5.11 Å². The van der Waals surface area contributed by atoms with Crippen LogP contribution in [0.1, 0.15) is 25.3 Å². The molecule has 1 aliphatic carbocycles. The molecule has 0 saturated heterocycles. The van der Waals surface area contributed by atoms with Crippen molar-refractivity contribution in [3.05, 3.63) is 41.5 Å². The molecule has 0 spiro atoms. The summed E-state index contributed by atoms with van der Waals surface area (Å²) >= 11 is 0. The van der Waals surface area contributed by atoms with Gasteiger partial charge in [0.25, 0.3) is 0 Å². The summed E-state index contributed by atoms with van der Waals surface area (Å²) in [5.74, 6) is 0.398. The van der Waals surface area contributed by atoms with Crippen LogP contribution in [-0.2, 0) is 0 Å². The van der Waals surface area contributed by atoms with E-state index in [4.69, 9.17) is 0 Å². The van der Waals surface area contributed by atoms with Crippen molar-refractivity contribution in [2.45, 2.75) is 25.9 Å². The van der Waals surface area contributed by atoms with Gasteiger partial charge in [-0.3, -0.25) is 0 Å². The van der Waals surface area contributed by atoms with Gasteiger partial charge in [-0.1, -0.05) is 48.9 Å². The molecule has 1 nitrogen and oxygen atoms in total. The smallest absolute Gasteiger partial charge is 0.0642 e. The van der Waals surface area contributed by atoms with Crippen LogP contribution < -0.4 is 0 Å². The quantitative estimate of drug-likeness (QED) is 0.756. The summed E-state index contributed by atoms with van der Waals surface area (Å²) in [5.41, 5.74) is 2.64. The van der Waals surface area contributed by atoms with Crippen LogP contribution in [0.5, 0.6) is 0 Å². The molecule has 0 aliphatic heterocycles. The Bertz CT molecular complexity index is 326. The van der Waals surface area contributed by atoms with Gasteiger partial charge in [0, 0.05) is 5.92 Å². The monoisotopic (exact) mass is 188 g/mol. The lowest BCUT2D eigenvalue weighted by Gasteiger charge is -2.35.